The second-order valence-corrected chi connectivity index (χ2v) is 3.50. The molecule has 0 aromatic rings. The highest BCUT2D eigenvalue weighted by Gasteiger charge is 2.32. The van der Waals surface area contributed by atoms with Gasteiger partial charge in [0.05, 0.1) is 13.0 Å². The molecule has 1 saturated heterocycles. The molecule has 1 N–H and O–H groups in total. The van der Waals surface area contributed by atoms with Crippen LogP contribution in [0.4, 0.5) is 0 Å². The van der Waals surface area contributed by atoms with Gasteiger partial charge >= 0.3 is 5.97 Å². The van der Waals surface area contributed by atoms with Crippen molar-refractivity contribution in [3.05, 3.63) is 0 Å². The molecular weight excluding hydrogens is 244 g/mol. The predicted molar refractivity (Wildman–Crippen MR) is 56.2 cm³/mol. The van der Waals surface area contributed by atoms with E-state index in [2.05, 4.69) is 15.2 Å². The van der Waals surface area contributed by atoms with Crippen molar-refractivity contribution >= 4 is 23.7 Å². The van der Waals surface area contributed by atoms with Crippen LogP contribution in [0.15, 0.2) is 0 Å². The molecule has 8 heteroatoms. The molecule has 8 nitrogen and oxygen atoms in total. The molecule has 18 heavy (non-hydrogen) atoms. The van der Waals surface area contributed by atoms with Gasteiger partial charge in [-0.25, -0.2) is 10.3 Å². The lowest BCUT2D eigenvalue weighted by Crippen LogP contribution is -2.32. The number of hydroxylamine groups is 3. The van der Waals surface area contributed by atoms with Crippen molar-refractivity contribution in [2.75, 3.05) is 6.61 Å². The summed E-state index contributed by atoms with van der Waals surface area (Å²) < 4.78 is 0. The van der Waals surface area contributed by atoms with Crippen LogP contribution in [0.3, 0.4) is 0 Å². The fraction of sp³-hybridized carbons (Fsp3) is 0.600. The lowest BCUT2D eigenvalue weighted by atomic mass is 10.3. The molecule has 0 aromatic heterocycles. The van der Waals surface area contributed by atoms with Crippen LogP contribution in [-0.4, -0.2) is 35.4 Å². The summed E-state index contributed by atoms with van der Waals surface area (Å²) in [7, 11) is 0. The fourth-order valence-electron chi connectivity index (χ4n) is 1.22. The number of rotatable bonds is 6. The van der Waals surface area contributed by atoms with Gasteiger partial charge in [-0.05, 0) is 6.92 Å². The van der Waals surface area contributed by atoms with Crippen LogP contribution < -0.4 is 5.48 Å². The fourth-order valence-corrected chi connectivity index (χ4v) is 1.22. The van der Waals surface area contributed by atoms with E-state index in [9.17, 15) is 19.2 Å². The zero-order chi connectivity index (χ0) is 13.5. The van der Waals surface area contributed by atoms with Crippen molar-refractivity contribution in [3.8, 4) is 0 Å². The normalized spacial score (nSPS) is 14.8. The summed E-state index contributed by atoms with van der Waals surface area (Å²) in [5.41, 5.74) is 2.10. The van der Waals surface area contributed by atoms with Crippen LogP contribution in [0, 0.1) is 0 Å². The Hall–Kier alpha value is -1.96. The molecule has 1 aliphatic rings. The molecule has 0 unspecified atom stereocenters. The van der Waals surface area contributed by atoms with E-state index in [0.717, 1.165) is 0 Å². The van der Waals surface area contributed by atoms with E-state index >= 15 is 0 Å². The number of carbonyl (C=O) groups is 4. The summed E-state index contributed by atoms with van der Waals surface area (Å²) in [5.74, 6) is -2.39. The summed E-state index contributed by atoms with van der Waals surface area (Å²) in [4.78, 5) is 53.8. The standard InChI is InChI=1S/C10H14N2O6/c1-2-17-11-7(13)3-6-10(16)18-12-8(14)4-5-9(12)15/h2-6H2,1H3,(H,11,13). The molecule has 1 aliphatic heterocycles. The minimum Gasteiger partial charge on any atom is -0.330 e. The molecule has 0 aromatic carbocycles. The van der Waals surface area contributed by atoms with Gasteiger partial charge in [0.1, 0.15) is 0 Å². The lowest BCUT2D eigenvalue weighted by molar-refractivity contribution is -0.197. The molecule has 0 spiro atoms. The van der Waals surface area contributed by atoms with Crippen molar-refractivity contribution in [1.29, 1.82) is 0 Å². The lowest BCUT2D eigenvalue weighted by Gasteiger charge is -2.12. The van der Waals surface area contributed by atoms with Gasteiger partial charge in [0, 0.05) is 19.3 Å². The quantitative estimate of drug-likeness (QED) is 0.506. The Kier molecular flexibility index (Phi) is 5.25. The van der Waals surface area contributed by atoms with Gasteiger partial charge in [0.15, 0.2) is 0 Å². The average molecular weight is 258 g/mol. The highest BCUT2D eigenvalue weighted by atomic mass is 16.7. The molecule has 0 bridgehead atoms. The van der Waals surface area contributed by atoms with E-state index in [1.165, 1.54) is 0 Å². The minimum absolute atomic E-state index is 0.0386. The number of imide groups is 1. The van der Waals surface area contributed by atoms with Gasteiger partial charge in [0.25, 0.3) is 11.8 Å². The molecular formula is C10H14N2O6. The summed E-state index contributed by atoms with van der Waals surface area (Å²) >= 11 is 0. The van der Waals surface area contributed by atoms with Crippen LogP contribution in [-0.2, 0) is 28.9 Å². The Bertz CT molecular complexity index is 351. The number of carbonyl (C=O) groups excluding carboxylic acids is 4. The van der Waals surface area contributed by atoms with Gasteiger partial charge in [-0.15, -0.1) is 5.06 Å². The second kappa shape index (κ2) is 6.70. The first-order valence-electron chi connectivity index (χ1n) is 5.51. The van der Waals surface area contributed by atoms with E-state index in [4.69, 9.17) is 0 Å². The Labute approximate surface area is 103 Å². The summed E-state index contributed by atoms with van der Waals surface area (Å²) in [6.07, 6.45) is -0.307. The van der Waals surface area contributed by atoms with Crippen molar-refractivity contribution in [2.45, 2.75) is 32.6 Å². The van der Waals surface area contributed by atoms with Crippen molar-refractivity contribution in [1.82, 2.24) is 10.5 Å². The Morgan fingerprint density at radius 3 is 2.39 bits per heavy atom. The van der Waals surface area contributed by atoms with Crippen LogP contribution in [0.1, 0.15) is 32.6 Å². The topological polar surface area (TPSA) is 102 Å². The van der Waals surface area contributed by atoms with Gasteiger partial charge < -0.3 is 4.84 Å². The van der Waals surface area contributed by atoms with Crippen molar-refractivity contribution in [3.63, 3.8) is 0 Å². The van der Waals surface area contributed by atoms with Gasteiger partial charge in [-0.3, -0.25) is 19.2 Å². The number of nitrogens with zero attached hydrogens (tertiary/aromatic N) is 1. The molecule has 0 atom stereocenters. The first-order valence-corrected chi connectivity index (χ1v) is 5.51. The third-order valence-electron chi connectivity index (χ3n) is 2.09. The smallest absolute Gasteiger partial charge is 0.330 e. The van der Waals surface area contributed by atoms with Gasteiger partial charge in [0.2, 0.25) is 5.91 Å². The van der Waals surface area contributed by atoms with Gasteiger partial charge in [-0.2, -0.15) is 0 Å². The zero-order valence-corrected chi connectivity index (χ0v) is 9.93. The van der Waals surface area contributed by atoms with Crippen molar-refractivity contribution < 1.29 is 28.9 Å². The van der Waals surface area contributed by atoms with Crippen LogP contribution in [0.2, 0.25) is 0 Å². The number of amides is 3. The predicted octanol–water partition coefficient (Wildman–Crippen LogP) is -0.558. The maximum atomic E-state index is 11.3. The SMILES string of the molecule is CCONC(=O)CCC(=O)ON1C(=O)CCC1=O. The zero-order valence-electron chi connectivity index (χ0n) is 9.93. The minimum atomic E-state index is -0.815. The second-order valence-electron chi connectivity index (χ2n) is 3.50. The highest BCUT2D eigenvalue weighted by molar-refractivity contribution is 6.01. The molecule has 100 valence electrons. The maximum absolute atomic E-state index is 11.3. The Morgan fingerprint density at radius 2 is 1.83 bits per heavy atom. The largest absolute Gasteiger partial charge is 0.333 e. The third kappa shape index (κ3) is 4.13. The maximum Gasteiger partial charge on any atom is 0.333 e. The molecule has 1 fully saturated rings. The van der Waals surface area contributed by atoms with Crippen LogP contribution in [0.25, 0.3) is 0 Å². The molecule has 0 saturated carbocycles. The van der Waals surface area contributed by atoms with E-state index in [0.29, 0.717) is 11.7 Å². The highest BCUT2D eigenvalue weighted by Crippen LogP contribution is 2.12. The Balaban J connectivity index is 2.27. The number of hydrogen-bond acceptors (Lipinski definition) is 6. The number of hydrogen-bond donors (Lipinski definition) is 1. The Morgan fingerprint density at radius 1 is 1.22 bits per heavy atom. The first kappa shape index (κ1) is 14.1. The third-order valence-corrected chi connectivity index (χ3v) is 2.09. The number of nitrogens with one attached hydrogen (secondary N) is 1. The monoisotopic (exact) mass is 258 g/mol. The summed E-state index contributed by atoms with van der Waals surface area (Å²) in [5, 5.41) is 0.447. The van der Waals surface area contributed by atoms with E-state index in [1.807, 2.05) is 0 Å². The molecule has 0 radical (unpaired) electrons. The molecule has 3 amide bonds. The first-order chi connectivity index (χ1) is 8.54. The van der Waals surface area contributed by atoms with Crippen LogP contribution >= 0.6 is 0 Å². The van der Waals surface area contributed by atoms with Crippen molar-refractivity contribution in [2.24, 2.45) is 0 Å². The van der Waals surface area contributed by atoms with E-state index in [-0.39, 0.29) is 25.7 Å². The average Bonchev–Trinajstić information content (AvgIpc) is 2.65. The molecule has 1 rings (SSSR count). The van der Waals surface area contributed by atoms with Crippen LogP contribution in [0.5, 0.6) is 0 Å². The molecule has 1 heterocycles. The summed E-state index contributed by atoms with van der Waals surface area (Å²) in [6, 6.07) is 0. The molecule has 0 aliphatic carbocycles. The summed E-state index contributed by atoms with van der Waals surface area (Å²) in [6.45, 7) is 2.01. The van der Waals surface area contributed by atoms with E-state index < -0.39 is 23.7 Å². The van der Waals surface area contributed by atoms with Gasteiger partial charge in [-0.1, -0.05) is 0 Å². The van der Waals surface area contributed by atoms with E-state index in [1.54, 1.807) is 6.92 Å².